The van der Waals surface area contributed by atoms with Crippen molar-refractivity contribution >= 4 is 8.07 Å². The largest absolute Gasteiger partial charge is 0.389 e. The first kappa shape index (κ1) is 11.4. The minimum Gasteiger partial charge on any atom is -0.389 e. The number of aliphatic hydroxyl groups is 1. The van der Waals surface area contributed by atoms with Gasteiger partial charge in [0, 0.05) is 8.07 Å². The molecule has 0 aliphatic heterocycles. The van der Waals surface area contributed by atoms with Gasteiger partial charge in [0.2, 0.25) is 0 Å². The lowest BCUT2D eigenvalue weighted by atomic mass is 10.1. The third-order valence-corrected chi connectivity index (χ3v) is 3.67. The summed E-state index contributed by atoms with van der Waals surface area (Å²) in [7, 11) is -1.26. The van der Waals surface area contributed by atoms with Crippen LogP contribution in [0, 0.1) is 5.82 Å². The molecule has 1 unspecified atom stereocenters. The molecule has 1 aromatic carbocycles. The quantitative estimate of drug-likeness (QED) is 0.763. The second-order valence-electron chi connectivity index (χ2n) is 4.83. The number of hydrogen-bond donors (Lipinski definition) is 1. The first-order valence-electron chi connectivity index (χ1n) is 4.82. The van der Waals surface area contributed by atoms with Gasteiger partial charge in [0.15, 0.2) is 0 Å². The Morgan fingerprint density at radius 1 is 1.21 bits per heavy atom. The smallest absolute Gasteiger partial charge is 0.123 e. The van der Waals surface area contributed by atoms with Crippen LogP contribution >= 0.6 is 0 Å². The number of hydrogen-bond acceptors (Lipinski definition) is 1. The SMILES string of the molecule is C[Si](C)(C)CC(O)c1ccc(F)cc1. The summed E-state index contributed by atoms with van der Waals surface area (Å²) in [5, 5.41) is 9.86. The average molecular weight is 212 g/mol. The van der Waals surface area contributed by atoms with Gasteiger partial charge >= 0.3 is 0 Å². The summed E-state index contributed by atoms with van der Waals surface area (Å²) in [6, 6.07) is 6.91. The monoisotopic (exact) mass is 212 g/mol. The molecule has 0 aromatic heterocycles. The van der Waals surface area contributed by atoms with Gasteiger partial charge in [-0.15, -0.1) is 0 Å². The van der Waals surface area contributed by atoms with Gasteiger partial charge in [-0.3, -0.25) is 0 Å². The Morgan fingerprint density at radius 2 is 1.71 bits per heavy atom. The summed E-state index contributed by atoms with van der Waals surface area (Å²) < 4.78 is 12.6. The predicted molar refractivity (Wildman–Crippen MR) is 59.5 cm³/mol. The first-order chi connectivity index (χ1) is 6.38. The van der Waals surface area contributed by atoms with Crippen molar-refractivity contribution in [3.8, 4) is 0 Å². The molecule has 0 spiro atoms. The molecule has 0 heterocycles. The van der Waals surface area contributed by atoms with E-state index in [2.05, 4.69) is 19.6 Å². The van der Waals surface area contributed by atoms with Crippen molar-refractivity contribution in [1.82, 2.24) is 0 Å². The molecule has 0 aliphatic rings. The Hall–Kier alpha value is -0.673. The van der Waals surface area contributed by atoms with Gasteiger partial charge in [0.05, 0.1) is 6.10 Å². The van der Waals surface area contributed by atoms with Crippen molar-refractivity contribution in [1.29, 1.82) is 0 Å². The van der Waals surface area contributed by atoms with Crippen LogP contribution in [0.2, 0.25) is 25.7 Å². The zero-order valence-corrected chi connectivity index (χ0v) is 9.92. The summed E-state index contributed by atoms with van der Waals surface area (Å²) in [4.78, 5) is 0. The van der Waals surface area contributed by atoms with Crippen LogP contribution in [0.15, 0.2) is 24.3 Å². The zero-order chi connectivity index (χ0) is 10.8. The standard InChI is InChI=1S/C11H17FOSi/c1-14(2,3)8-11(13)9-4-6-10(12)7-5-9/h4-7,11,13H,8H2,1-3H3. The van der Waals surface area contributed by atoms with Crippen molar-refractivity contribution in [2.45, 2.75) is 31.8 Å². The van der Waals surface area contributed by atoms with E-state index in [1.165, 1.54) is 12.1 Å². The highest BCUT2D eigenvalue weighted by molar-refractivity contribution is 6.76. The normalized spacial score (nSPS) is 14.1. The number of rotatable bonds is 3. The van der Waals surface area contributed by atoms with E-state index in [-0.39, 0.29) is 5.82 Å². The fourth-order valence-electron chi connectivity index (χ4n) is 1.38. The molecule has 0 fully saturated rings. The molecule has 14 heavy (non-hydrogen) atoms. The van der Waals surface area contributed by atoms with Crippen LogP contribution in [-0.2, 0) is 0 Å². The van der Waals surface area contributed by atoms with E-state index >= 15 is 0 Å². The third kappa shape index (κ3) is 3.60. The lowest BCUT2D eigenvalue weighted by Crippen LogP contribution is -2.22. The fraction of sp³-hybridized carbons (Fsp3) is 0.455. The third-order valence-electron chi connectivity index (χ3n) is 2.06. The van der Waals surface area contributed by atoms with Crippen LogP contribution in [0.1, 0.15) is 11.7 Å². The summed E-state index contributed by atoms with van der Waals surface area (Å²) in [5.41, 5.74) is 0.814. The van der Waals surface area contributed by atoms with Gasteiger partial charge in [-0.05, 0) is 23.7 Å². The molecule has 0 saturated heterocycles. The highest BCUT2D eigenvalue weighted by Crippen LogP contribution is 2.23. The van der Waals surface area contributed by atoms with E-state index < -0.39 is 14.2 Å². The van der Waals surface area contributed by atoms with E-state index in [9.17, 15) is 9.50 Å². The maximum atomic E-state index is 12.6. The molecule has 0 amide bonds. The molecule has 0 bridgehead atoms. The maximum absolute atomic E-state index is 12.6. The van der Waals surface area contributed by atoms with E-state index in [1.807, 2.05) is 0 Å². The van der Waals surface area contributed by atoms with Gasteiger partial charge in [-0.1, -0.05) is 31.8 Å². The van der Waals surface area contributed by atoms with E-state index in [0.717, 1.165) is 11.6 Å². The Labute approximate surface area is 85.6 Å². The lowest BCUT2D eigenvalue weighted by molar-refractivity contribution is 0.197. The average Bonchev–Trinajstić information content (AvgIpc) is 2.02. The van der Waals surface area contributed by atoms with Crippen LogP contribution in [0.3, 0.4) is 0 Å². The summed E-state index contributed by atoms with van der Waals surface area (Å²) in [6.45, 7) is 6.62. The van der Waals surface area contributed by atoms with E-state index in [4.69, 9.17) is 0 Å². The molecule has 1 N–H and O–H groups in total. The van der Waals surface area contributed by atoms with Crippen LogP contribution in [0.25, 0.3) is 0 Å². The lowest BCUT2D eigenvalue weighted by Gasteiger charge is -2.20. The van der Waals surface area contributed by atoms with Gasteiger partial charge in [-0.2, -0.15) is 0 Å². The second kappa shape index (κ2) is 4.23. The molecule has 0 aliphatic carbocycles. The van der Waals surface area contributed by atoms with Crippen LogP contribution in [0.5, 0.6) is 0 Å². The van der Waals surface area contributed by atoms with Crippen molar-refractivity contribution in [3.63, 3.8) is 0 Å². The van der Waals surface area contributed by atoms with Gasteiger partial charge in [-0.25, -0.2) is 4.39 Å². The summed E-state index contributed by atoms with van der Waals surface area (Å²) >= 11 is 0. The minimum atomic E-state index is -1.26. The molecule has 3 heteroatoms. The second-order valence-corrected chi connectivity index (χ2v) is 10.4. The fourth-order valence-corrected chi connectivity index (χ4v) is 2.78. The molecular formula is C11H17FOSi. The summed E-state index contributed by atoms with van der Waals surface area (Å²) in [6.07, 6.45) is -0.442. The number of halogens is 1. The zero-order valence-electron chi connectivity index (χ0n) is 8.92. The Bertz CT molecular complexity index is 289. The molecule has 1 nitrogen and oxygen atoms in total. The van der Waals surface area contributed by atoms with Crippen LogP contribution < -0.4 is 0 Å². The van der Waals surface area contributed by atoms with Crippen molar-refractivity contribution < 1.29 is 9.50 Å². The Morgan fingerprint density at radius 3 is 2.14 bits per heavy atom. The van der Waals surface area contributed by atoms with Crippen LogP contribution in [-0.4, -0.2) is 13.2 Å². The number of aliphatic hydroxyl groups excluding tert-OH is 1. The van der Waals surface area contributed by atoms with Crippen molar-refractivity contribution in [2.75, 3.05) is 0 Å². The molecule has 1 rings (SSSR count). The molecular weight excluding hydrogens is 195 g/mol. The topological polar surface area (TPSA) is 20.2 Å². The Kier molecular flexibility index (Phi) is 3.45. The highest BCUT2D eigenvalue weighted by Gasteiger charge is 2.19. The predicted octanol–water partition coefficient (Wildman–Crippen LogP) is 3.20. The molecule has 0 saturated carbocycles. The highest BCUT2D eigenvalue weighted by atomic mass is 28.3. The van der Waals surface area contributed by atoms with Crippen LogP contribution in [0.4, 0.5) is 4.39 Å². The van der Waals surface area contributed by atoms with E-state index in [1.54, 1.807) is 12.1 Å². The first-order valence-corrected chi connectivity index (χ1v) is 8.53. The molecule has 1 aromatic rings. The van der Waals surface area contributed by atoms with Gasteiger partial charge in [0.1, 0.15) is 5.82 Å². The maximum Gasteiger partial charge on any atom is 0.123 e. The van der Waals surface area contributed by atoms with Gasteiger partial charge in [0.25, 0.3) is 0 Å². The van der Waals surface area contributed by atoms with Crippen molar-refractivity contribution in [3.05, 3.63) is 35.6 Å². The molecule has 1 atom stereocenters. The van der Waals surface area contributed by atoms with Gasteiger partial charge < -0.3 is 5.11 Å². The summed E-state index contributed by atoms with van der Waals surface area (Å²) in [5.74, 6) is -0.256. The van der Waals surface area contributed by atoms with Crippen molar-refractivity contribution in [2.24, 2.45) is 0 Å². The molecule has 0 radical (unpaired) electrons. The minimum absolute atomic E-state index is 0.256. The van der Waals surface area contributed by atoms with E-state index in [0.29, 0.717) is 0 Å². The molecule has 78 valence electrons. The number of benzene rings is 1. The Balaban J connectivity index is 2.70.